The second-order valence-electron chi connectivity index (χ2n) is 5.98. The Kier molecular flexibility index (Phi) is 5.27. The van der Waals surface area contributed by atoms with E-state index in [1.54, 1.807) is 32.4 Å². The van der Waals surface area contributed by atoms with E-state index in [-0.39, 0.29) is 11.8 Å². The maximum Gasteiger partial charge on any atom is 0.267 e. The van der Waals surface area contributed by atoms with Gasteiger partial charge in [-0.3, -0.25) is 4.79 Å². The highest BCUT2D eigenvalue weighted by Gasteiger charge is 2.21. The minimum Gasteiger partial charge on any atom is -0.493 e. The zero-order valence-corrected chi connectivity index (χ0v) is 16.0. The lowest BCUT2D eigenvalue weighted by atomic mass is 10.1. The summed E-state index contributed by atoms with van der Waals surface area (Å²) in [7, 11) is 3.14. The lowest BCUT2D eigenvalue weighted by Gasteiger charge is -2.11. The first-order chi connectivity index (χ1) is 12.5. The van der Waals surface area contributed by atoms with Crippen molar-refractivity contribution < 1.29 is 14.3 Å². The van der Waals surface area contributed by atoms with E-state index in [0.29, 0.717) is 22.1 Å². The number of carbonyl (C=O) groups is 1. The molecule has 0 atom stereocenters. The number of methoxy groups -OCH3 is 2. The van der Waals surface area contributed by atoms with Crippen molar-refractivity contribution in [1.29, 1.82) is 0 Å². The number of nitrogens with one attached hydrogen (secondary N) is 1. The van der Waals surface area contributed by atoms with Crippen LogP contribution >= 0.6 is 11.3 Å². The van der Waals surface area contributed by atoms with E-state index in [0.717, 1.165) is 10.8 Å². The molecule has 1 N–H and O–H groups in total. The molecule has 0 aliphatic rings. The maximum absolute atomic E-state index is 12.9. The van der Waals surface area contributed by atoms with Gasteiger partial charge in [-0.25, -0.2) is 4.98 Å². The van der Waals surface area contributed by atoms with Crippen LogP contribution in [0.5, 0.6) is 11.5 Å². The molecule has 0 aliphatic heterocycles. The minimum atomic E-state index is -0.183. The molecule has 136 valence electrons. The molecule has 0 radical (unpaired) electrons. The van der Waals surface area contributed by atoms with Crippen LogP contribution in [-0.4, -0.2) is 29.7 Å². The summed E-state index contributed by atoms with van der Waals surface area (Å²) in [5.74, 6) is 1.13. The number of hydrogen-bond acceptors (Lipinski definition) is 5. The number of nitrogens with zero attached hydrogens (tertiary/aromatic N) is 2. The highest BCUT2D eigenvalue weighted by molar-refractivity contribution is 7.16. The van der Waals surface area contributed by atoms with Crippen molar-refractivity contribution in [3.63, 3.8) is 0 Å². The Bertz CT molecular complexity index is 901. The molecule has 1 amide bonds. The van der Waals surface area contributed by atoms with Crippen LogP contribution in [0.15, 0.2) is 42.7 Å². The molecule has 1 aromatic carbocycles. The third-order valence-corrected chi connectivity index (χ3v) is 4.95. The van der Waals surface area contributed by atoms with Gasteiger partial charge in [0.1, 0.15) is 4.88 Å². The van der Waals surface area contributed by atoms with Gasteiger partial charge in [-0.15, -0.1) is 0 Å². The summed E-state index contributed by atoms with van der Waals surface area (Å²) in [6.45, 7) is 4.06. The van der Waals surface area contributed by atoms with Gasteiger partial charge in [0, 0.05) is 24.1 Å². The molecule has 2 aromatic heterocycles. The van der Waals surface area contributed by atoms with Crippen LogP contribution in [0.2, 0.25) is 0 Å². The average Bonchev–Trinajstić information content (AvgIpc) is 3.30. The van der Waals surface area contributed by atoms with Crippen LogP contribution < -0.4 is 14.8 Å². The summed E-state index contributed by atoms with van der Waals surface area (Å²) in [6, 6.07) is 9.14. The van der Waals surface area contributed by atoms with E-state index < -0.39 is 0 Å². The zero-order chi connectivity index (χ0) is 18.7. The van der Waals surface area contributed by atoms with E-state index in [1.165, 1.54) is 11.3 Å². The summed E-state index contributed by atoms with van der Waals surface area (Å²) < 4.78 is 12.4. The van der Waals surface area contributed by atoms with E-state index in [2.05, 4.69) is 10.3 Å². The van der Waals surface area contributed by atoms with Gasteiger partial charge in [0.25, 0.3) is 5.91 Å². The normalized spacial score (nSPS) is 10.8. The highest BCUT2D eigenvalue weighted by atomic mass is 32.1. The maximum atomic E-state index is 12.9. The summed E-state index contributed by atoms with van der Waals surface area (Å²) >= 11 is 1.37. The van der Waals surface area contributed by atoms with Gasteiger partial charge in [-0.2, -0.15) is 0 Å². The quantitative estimate of drug-likeness (QED) is 0.700. The van der Waals surface area contributed by atoms with Crippen LogP contribution in [0.25, 0.3) is 5.13 Å². The van der Waals surface area contributed by atoms with Crippen LogP contribution in [0, 0.1) is 0 Å². The standard InChI is InChI=1S/C19H21N3O3S/c1-12(2)16-17(26-19(21-16)22-9-5-6-10-22)18(23)20-13-7-8-14(24-3)15(11-13)25-4/h5-12H,1-4H3,(H,20,23). The van der Waals surface area contributed by atoms with Gasteiger partial charge in [0.05, 0.1) is 19.9 Å². The minimum absolute atomic E-state index is 0.140. The number of ether oxygens (including phenoxy) is 2. The second kappa shape index (κ2) is 7.61. The fourth-order valence-electron chi connectivity index (χ4n) is 2.55. The zero-order valence-electron chi connectivity index (χ0n) is 15.1. The Morgan fingerprint density at radius 2 is 1.85 bits per heavy atom. The van der Waals surface area contributed by atoms with E-state index in [9.17, 15) is 4.79 Å². The fraction of sp³-hybridized carbons (Fsp3) is 0.263. The molecule has 6 nitrogen and oxygen atoms in total. The van der Waals surface area contributed by atoms with Crippen molar-refractivity contribution in [1.82, 2.24) is 9.55 Å². The van der Waals surface area contributed by atoms with Crippen LogP contribution in [0.3, 0.4) is 0 Å². The van der Waals surface area contributed by atoms with Crippen molar-refractivity contribution in [2.45, 2.75) is 19.8 Å². The second-order valence-corrected chi connectivity index (χ2v) is 6.96. The predicted molar refractivity (Wildman–Crippen MR) is 103 cm³/mol. The van der Waals surface area contributed by atoms with Crippen molar-refractivity contribution >= 4 is 22.9 Å². The van der Waals surface area contributed by atoms with Crippen molar-refractivity contribution in [2.75, 3.05) is 19.5 Å². The summed E-state index contributed by atoms with van der Waals surface area (Å²) in [5.41, 5.74) is 1.43. The molecule has 7 heteroatoms. The Balaban J connectivity index is 1.90. The highest BCUT2D eigenvalue weighted by Crippen LogP contribution is 2.32. The molecule has 2 heterocycles. The van der Waals surface area contributed by atoms with Crippen molar-refractivity contribution in [2.24, 2.45) is 0 Å². The third-order valence-electron chi connectivity index (χ3n) is 3.86. The summed E-state index contributed by atoms with van der Waals surface area (Å²) in [5, 5.41) is 3.70. The van der Waals surface area contributed by atoms with Crippen molar-refractivity contribution in [3.8, 4) is 16.6 Å². The molecule has 0 spiro atoms. The third kappa shape index (κ3) is 3.57. The van der Waals surface area contributed by atoms with E-state index in [1.807, 2.05) is 42.9 Å². The topological polar surface area (TPSA) is 65.4 Å². The van der Waals surface area contributed by atoms with E-state index >= 15 is 0 Å². The molecule has 0 saturated heterocycles. The molecule has 0 unspecified atom stereocenters. The molecule has 0 fully saturated rings. The first-order valence-electron chi connectivity index (χ1n) is 8.21. The van der Waals surface area contributed by atoms with Gasteiger partial charge in [0.15, 0.2) is 16.6 Å². The average molecular weight is 371 g/mol. The van der Waals surface area contributed by atoms with E-state index in [4.69, 9.17) is 9.47 Å². The Labute approximate surface area is 156 Å². The van der Waals surface area contributed by atoms with Crippen molar-refractivity contribution in [3.05, 3.63) is 53.3 Å². The van der Waals surface area contributed by atoms with Gasteiger partial charge in [-0.05, 0) is 30.2 Å². The Hall–Kier alpha value is -2.80. The number of thiazole rings is 1. The lowest BCUT2D eigenvalue weighted by Crippen LogP contribution is -2.13. The first kappa shape index (κ1) is 18.0. The smallest absolute Gasteiger partial charge is 0.267 e. The first-order valence-corrected chi connectivity index (χ1v) is 9.02. The van der Waals surface area contributed by atoms with Gasteiger partial charge >= 0.3 is 0 Å². The number of hydrogen-bond donors (Lipinski definition) is 1. The van der Waals surface area contributed by atoms with Gasteiger partial charge in [-0.1, -0.05) is 25.2 Å². The fourth-order valence-corrected chi connectivity index (χ4v) is 3.63. The largest absolute Gasteiger partial charge is 0.493 e. The van der Waals surface area contributed by atoms with Gasteiger partial charge in [0.2, 0.25) is 0 Å². The molecule has 0 saturated carbocycles. The molecule has 3 rings (SSSR count). The lowest BCUT2D eigenvalue weighted by molar-refractivity contribution is 0.102. The number of amides is 1. The molecule has 0 bridgehead atoms. The number of carbonyl (C=O) groups excluding carboxylic acids is 1. The molecule has 3 aromatic rings. The summed E-state index contributed by atoms with van der Waals surface area (Å²) in [6.07, 6.45) is 3.83. The number of rotatable bonds is 6. The van der Waals surface area contributed by atoms with Crippen LogP contribution in [0.1, 0.15) is 35.1 Å². The predicted octanol–water partition coefficient (Wildman–Crippen LogP) is 4.33. The molecular formula is C19H21N3O3S. The Morgan fingerprint density at radius 3 is 2.46 bits per heavy atom. The van der Waals surface area contributed by atoms with Gasteiger partial charge < -0.3 is 19.4 Å². The van der Waals surface area contributed by atoms with Crippen LogP contribution in [0.4, 0.5) is 5.69 Å². The molecule has 26 heavy (non-hydrogen) atoms. The number of aromatic nitrogens is 2. The molecular weight excluding hydrogens is 350 g/mol. The number of anilines is 1. The SMILES string of the molecule is COc1ccc(NC(=O)c2sc(-n3cccc3)nc2C(C)C)cc1OC. The molecule has 0 aliphatic carbocycles. The summed E-state index contributed by atoms with van der Waals surface area (Å²) in [4.78, 5) is 18.1. The number of benzene rings is 1. The monoisotopic (exact) mass is 371 g/mol. The van der Waals surface area contributed by atoms with Crippen LogP contribution in [-0.2, 0) is 0 Å². The Morgan fingerprint density at radius 1 is 1.15 bits per heavy atom.